The van der Waals surface area contributed by atoms with Crippen LogP contribution in [-0.4, -0.2) is 16.4 Å². The van der Waals surface area contributed by atoms with E-state index in [1.807, 2.05) is 5.38 Å². The van der Waals surface area contributed by atoms with Crippen molar-refractivity contribution < 1.29 is 4.79 Å². The number of aromatic nitrogens is 1. The van der Waals surface area contributed by atoms with Gasteiger partial charge in [0.05, 0.1) is 11.2 Å². The van der Waals surface area contributed by atoms with E-state index in [2.05, 4.69) is 24.1 Å². The maximum Gasteiger partial charge on any atom is 0.245 e. The van der Waals surface area contributed by atoms with Gasteiger partial charge in [0.1, 0.15) is 0 Å². The molecule has 0 saturated heterocycles. The molecule has 0 unspecified atom stereocenters. The summed E-state index contributed by atoms with van der Waals surface area (Å²) in [4.78, 5) is 15.8. The maximum absolute atomic E-state index is 11.5. The second kappa shape index (κ2) is 4.28. The zero-order valence-corrected chi connectivity index (χ0v) is 10.3. The lowest BCUT2D eigenvalue weighted by molar-refractivity contribution is -0.120. The number of nitrogens with zero attached hydrogens (tertiary/aromatic N) is 1. The van der Waals surface area contributed by atoms with Gasteiger partial charge in [-0.3, -0.25) is 4.79 Å². The molecule has 0 radical (unpaired) electrons. The molecule has 1 amide bonds. The zero-order valence-electron chi connectivity index (χ0n) is 9.50. The highest BCUT2D eigenvalue weighted by atomic mass is 32.1. The van der Waals surface area contributed by atoms with Gasteiger partial charge in [-0.1, -0.05) is 13.8 Å². The number of anilines is 1. The van der Waals surface area contributed by atoms with E-state index in [0.29, 0.717) is 11.0 Å². The molecule has 4 nitrogen and oxygen atoms in total. The van der Waals surface area contributed by atoms with E-state index in [1.54, 1.807) is 13.8 Å². The van der Waals surface area contributed by atoms with Crippen molar-refractivity contribution in [3.63, 3.8) is 0 Å². The Kier molecular flexibility index (Phi) is 3.46. The number of carbonyl (C=O) groups is 1. The molecule has 0 spiro atoms. The fourth-order valence-electron chi connectivity index (χ4n) is 0.867. The van der Waals surface area contributed by atoms with Crippen LogP contribution < -0.4 is 11.1 Å². The molecule has 0 atom stereocenters. The number of thiazole rings is 1. The monoisotopic (exact) mass is 227 g/mol. The van der Waals surface area contributed by atoms with Crippen molar-refractivity contribution in [3.8, 4) is 0 Å². The summed E-state index contributed by atoms with van der Waals surface area (Å²) >= 11 is 1.42. The standard InChI is InChI=1S/C10H17N3OS/c1-6(2)7-5-15-9(12-7)13-8(14)10(3,4)11/h5-6H,11H2,1-4H3,(H,12,13,14). The Morgan fingerprint density at radius 3 is 2.60 bits per heavy atom. The fraction of sp³-hybridized carbons (Fsp3) is 0.600. The van der Waals surface area contributed by atoms with Gasteiger partial charge in [-0.05, 0) is 19.8 Å². The smallest absolute Gasteiger partial charge is 0.245 e. The molecule has 3 N–H and O–H groups in total. The van der Waals surface area contributed by atoms with Gasteiger partial charge in [-0.2, -0.15) is 0 Å². The van der Waals surface area contributed by atoms with Crippen molar-refractivity contribution in [1.82, 2.24) is 4.98 Å². The number of hydrogen-bond donors (Lipinski definition) is 2. The number of hydrogen-bond acceptors (Lipinski definition) is 4. The Labute approximate surface area is 93.9 Å². The molecule has 0 aromatic carbocycles. The van der Waals surface area contributed by atoms with Gasteiger partial charge in [0.25, 0.3) is 0 Å². The normalized spacial score (nSPS) is 11.9. The first kappa shape index (κ1) is 12.1. The third kappa shape index (κ3) is 3.28. The van der Waals surface area contributed by atoms with E-state index in [4.69, 9.17) is 5.73 Å². The average Bonchev–Trinajstić information content (AvgIpc) is 2.50. The number of nitrogens with two attached hydrogens (primary N) is 1. The van der Waals surface area contributed by atoms with E-state index in [9.17, 15) is 4.79 Å². The average molecular weight is 227 g/mol. The van der Waals surface area contributed by atoms with Crippen LogP contribution in [0.4, 0.5) is 5.13 Å². The predicted molar refractivity (Wildman–Crippen MR) is 63.1 cm³/mol. The molecule has 0 bridgehead atoms. The minimum atomic E-state index is -0.871. The van der Waals surface area contributed by atoms with Gasteiger partial charge in [0.15, 0.2) is 5.13 Å². The van der Waals surface area contributed by atoms with Gasteiger partial charge in [0, 0.05) is 5.38 Å². The van der Waals surface area contributed by atoms with Crippen LogP contribution in [0.2, 0.25) is 0 Å². The van der Waals surface area contributed by atoms with E-state index < -0.39 is 5.54 Å². The van der Waals surface area contributed by atoms with Crippen LogP contribution in [-0.2, 0) is 4.79 Å². The molecule has 0 aliphatic rings. The minimum absolute atomic E-state index is 0.216. The Balaban J connectivity index is 2.70. The summed E-state index contributed by atoms with van der Waals surface area (Å²) in [6.07, 6.45) is 0. The van der Waals surface area contributed by atoms with Crippen LogP contribution in [0, 0.1) is 0 Å². The molecular weight excluding hydrogens is 210 g/mol. The highest BCUT2D eigenvalue weighted by molar-refractivity contribution is 7.13. The molecular formula is C10H17N3OS. The number of nitrogens with one attached hydrogen (secondary N) is 1. The third-order valence-corrected chi connectivity index (χ3v) is 2.70. The first-order valence-electron chi connectivity index (χ1n) is 4.86. The number of carbonyl (C=O) groups excluding carboxylic acids is 1. The van der Waals surface area contributed by atoms with Crippen molar-refractivity contribution in [2.75, 3.05) is 5.32 Å². The van der Waals surface area contributed by atoms with Gasteiger partial charge in [0.2, 0.25) is 5.91 Å². The van der Waals surface area contributed by atoms with Gasteiger partial charge in [-0.15, -0.1) is 11.3 Å². The van der Waals surface area contributed by atoms with Crippen LogP contribution in [0.25, 0.3) is 0 Å². The Morgan fingerprint density at radius 1 is 1.60 bits per heavy atom. The second-order valence-corrected chi connectivity index (χ2v) is 5.27. The fourth-order valence-corrected chi connectivity index (χ4v) is 1.73. The second-order valence-electron chi connectivity index (χ2n) is 4.41. The molecule has 0 fully saturated rings. The van der Waals surface area contributed by atoms with E-state index >= 15 is 0 Å². The SMILES string of the molecule is CC(C)c1csc(NC(=O)C(C)(C)N)n1. The van der Waals surface area contributed by atoms with E-state index in [1.165, 1.54) is 11.3 Å². The van der Waals surface area contributed by atoms with Crippen molar-refractivity contribution in [2.45, 2.75) is 39.2 Å². The Bertz CT molecular complexity index is 352. The number of amides is 1. The molecule has 0 aliphatic heterocycles. The molecule has 1 heterocycles. The molecule has 0 aliphatic carbocycles. The summed E-state index contributed by atoms with van der Waals surface area (Å²) in [5.41, 5.74) is 5.78. The highest BCUT2D eigenvalue weighted by Gasteiger charge is 2.22. The van der Waals surface area contributed by atoms with Gasteiger partial charge < -0.3 is 11.1 Å². The van der Waals surface area contributed by atoms with Gasteiger partial charge >= 0.3 is 0 Å². The zero-order chi connectivity index (χ0) is 11.6. The maximum atomic E-state index is 11.5. The largest absolute Gasteiger partial charge is 0.318 e. The van der Waals surface area contributed by atoms with Crippen LogP contribution >= 0.6 is 11.3 Å². The quantitative estimate of drug-likeness (QED) is 0.829. The van der Waals surface area contributed by atoms with Crippen LogP contribution in [0.5, 0.6) is 0 Å². The topological polar surface area (TPSA) is 68.0 Å². The van der Waals surface area contributed by atoms with Crippen LogP contribution in [0.1, 0.15) is 39.3 Å². The summed E-state index contributed by atoms with van der Waals surface area (Å²) in [5.74, 6) is 0.157. The van der Waals surface area contributed by atoms with Crippen molar-refractivity contribution in [1.29, 1.82) is 0 Å². The van der Waals surface area contributed by atoms with E-state index in [0.717, 1.165) is 5.69 Å². The van der Waals surface area contributed by atoms with Gasteiger partial charge in [-0.25, -0.2) is 4.98 Å². The molecule has 1 rings (SSSR count). The third-order valence-electron chi connectivity index (χ3n) is 1.92. The predicted octanol–water partition coefficient (Wildman–Crippen LogP) is 1.94. The molecule has 15 heavy (non-hydrogen) atoms. The molecule has 1 aromatic rings. The lowest BCUT2D eigenvalue weighted by Crippen LogP contribution is -2.45. The summed E-state index contributed by atoms with van der Waals surface area (Å²) in [6.45, 7) is 7.46. The molecule has 1 aromatic heterocycles. The lowest BCUT2D eigenvalue weighted by atomic mass is 10.1. The Morgan fingerprint density at radius 2 is 2.20 bits per heavy atom. The van der Waals surface area contributed by atoms with E-state index in [-0.39, 0.29) is 5.91 Å². The first-order valence-corrected chi connectivity index (χ1v) is 5.74. The molecule has 84 valence electrons. The Hall–Kier alpha value is -0.940. The first-order chi connectivity index (χ1) is 6.80. The summed E-state index contributed by atoms with van der Waals surface area (Å²) in [5, 5.41) is 5.26. The number of rotatable bonds is 3. The summed E-state index contributed by atoms with van der Waals surface area (Å²) in [6, 6.07) is 0. The van der Waals surface area contributed by atoms with Crippen LogP contribution in [0.15, 0.2) is 5.38 Å². The van der Waals surface area contributed by atoms with Crippen molar-refractivity contribution in [2.24, 2.45) is 5.73 Å². The van der Waals surface area contributed by atoms with Crippen molar-refractivity contribution >= 4 is 22.4 Å². The highest BCUT2D eigenvalue weighted by Crippen LogP contribution is 2.21. The van der Waals surface area contributed by atoms with Crippen LogP contribution in [0.3, 0.4) is 0 Å². The summed E-state index contributed by atoms with van der Waals surface area (Å²) in [7, 11) is 0. The molecule has 0 saturated carbocycles. The van der Waals surface area contributed by atoms with Crippen molar-refractivity contribution in [3.05, 3.63) is 11.1 Å². The lowest BCUT2D eigenvalue weighted by Gasteiger charge is -2.16. The molecule has 5 heteroatoms. The summed E-state index contributed by atoms with van der Waals surface area (Å²) < 4.78 is 0. The minimum Gasteiger partial charge on any atom is -0.318 e.